The number of rotatable bonds is 2. The van der Waals surface area contributed by atoms with Gasteiger partial charge in [-0.1, -0.05) is 15.9 Å². The molecule has 1 aromatic heterocycles. The van der Waals surface area contributed by atoms with Gasteiger partial charge < -0.3 is 5.11 Å². The summed E-state index contributed by atoms with van der Waals surface area (Å²) in [4.78, 5) is 0. The summed E-state index contributed by atoms with van der Waals surface area (Å²) in [5.74, 6) is 0. The van der Waals surface area contributed by atoms with E-state index in [0.29, 0.717) is 6.54 Å². The number of hydrogen-bond donors (Lipinski definition) is 1. The van der Waals surface area contributed by atoms with E-state index in [2.05, 4.69) is 28.0 Å². The molecular formula is C12H15BrN2O. The standard InChI is InChI=1S/C12H15BrN2O/c1-8-9-6-14-15(7-12(2,3)16)11(9)5-4-10(8)13/h4-6,16H,7H2,1-3H3. The summed E-state index contributed by atoms with van der Waals surface area (Å²) in [5, 5.41) is 15.2. The van der Waals surface area contributed by atoms with Gasteiger partial charge in [0.05, 0.1) is 23.9 Å². The molecule has 0 aliphatic carbocycles. The highest BCUT2D eigenvalue weighted by Crippen LogP contribution is 2.26. The van der Waals surface area contributed by atoms with Crippen molar-refractivity contribution in [1.29, 1.82) is 0 Å². The molecule has 0 saturated heterocycles. The molecule has 0 aliphatic heterocycles. The SMILES string of the molecule is Cc1c(Br)ccc2c1cnn2CC(C)(C)O. The minimum absolute atomic E-state index is 0.498. The molecule has 1 heterocycles. The van der Waals surface area contributed by atoms with Crippen molar-refractivity contribution < 1.29 is 5.11 Å². The molecule has 0 atom stereocenters. The molecular weight excluding hydrogens is 268 g/mol. The van der Waals surface area contributed by atoms with E-state index in [1.54, 1.807) is 13.8 Å². The lowest BCUT2D eigenvalue weighted by Crippen LogP contribution is -2.26. The van der Waals surface area contributed by atoms with Crippen LogP contribution in [0.15, 0.2) is 22.8 Å². The first kappa shape index (κ1) is 11.6. The average molecular weight is 283 g/mol. The van der Waals surface area contributed by atoms with Gasteiger partial charge in [0.15, 0.2) is 0 Å². The highest BCUT2D eigenvalue weighted by Gasteiger charge is 2.16. The van der Waals surface area contributed by atoms with Crippen LogP contribution in [0.5, 0.6) is 0 Å². The average Bonchev–Trinajstić information content (AvgIpc) is 2.53. The maximum atomic E-state index is 9.80. The van der Waals surface area contributed by atoms with Crippen LogP contribution in [0, 0.1) is 6.92 Å². The van der Waals surface area contributed by atoms with Crippen LogP contribution in [-0.4, -0.2) is 20.5 Å². The first-order valence-corrected chi connectivity index (χ1v) is 6.01. The van der Waals surface area contributed by atoms with E-state index in [9.17, 15) is 5.11 Å². The third kappa shape index (κ3) is 2.13. The highest BCUT2D eigenvalue weighted by atomic mass is 79.9. The van der Waals surface area contributed by atoms with Crippen molar-refractivity contribution in [2.45, 2.75) is 32.9 Å². The summed E-state index contributed by atoms with van der Waals surface area (Å²) >= 11 is 3.50. The van der Waals surface area contributed by atoms with Gasteiger partial charge in [-0.2, -0.15) is 5.10 Å². The van der Waals surface area contributed by atoms with Crippen LogP contribution in [0.4, 0.5) is 0 Å². The summed E-state index contributed by atoms with van der Waals surface area (Å²) in [6, 6.07) is 4.03. The van der Waals surface area contributed by atoms with Gasteiger partial charge in [0.1, 0.15) is 0 Å². The predicted molar refractivity (Wildman–Crippen MR) is 68.5 cm³/mol. The van der Waals surface area contributed by atoms with Crippen LogP contribution >= 0.6 is 15.9 Å². The number of aliphatic hydroxyl groups is 1. The zero-order valence-corrected chi connectivity index (χ0v) is 11.2. The Morgan fingerprint density at radius 2 is 2.12 bits per heavy atom. The van der Waals surface area contributed by atoms with Gasteiger partial charge in [-0.15, -0.1) is 0 Å². The third-order valence-electron chi connectivity index (χ3n) is 2.57. The molecule has 0 bridgehead atoms. The van der Waals surface area contributed by atoms with Gasteiger partial charge in [0.25, 0.3) is 0 Å². The second kappa shape index (κ2) is 3.86. The van der Waals surface area contributed by atoms with Crippen LogP contribution in [0.25, 0.3) is 10.9 Å². The van der Waals surface area contributed by atoms with Gasteiger partial charge in [-0.3, -0.25) is 4.68 Å². The van der Waals surface area contributed by atoms with Crippen LogP contribution in [0.3, 0.4) is 0 Å². The minimum Gasteiger partial charge on any atom is -0.389 e. The second-order valence-electron chi connectivity index (χ2n) is 4.72. The number of hydrogen-bond acceptors (Lipinski definition) is 2. The van der Waals surface area contributed by atoms with E-state index in [1.807, 2.05) is 23.0 Å². The Morgan fingerprint density at radius 3 is 2.75 bits per heavy atom. The molecule has 2 rings (SSSR count). The Balaban J connectivity index is 2.54. The summed E-state index contributed by atoms with van der Waals surface area (Å²) in [6.07, 6.45) is 1.85. The van der Waals surface area contributed by atoms with E-state index in [1.165, 1.54) is 5.56 Å². The van der Waals surface area contributed by atoms with Crippen molar-refractivity contribution in [3.63, 3.8) is 0 Å². The van der Waals surface area contributed by atoms with E-state index in [0.717, 1.165) is 15.4 Å². The minimum atomic E-state index is -0.750. The molecule has 2 aromatic rings. The molecule has 1 aromatic carbocycles. The first-order chi connectivity index (χ1) is 7.38. The Morgan fingerprint density at radius 1 is 1.44 bits per heavy atom. The van der Waals surface area contributed by atoms with Crippen molar-refractivity contribution in [2.24, 2.45) is 0 Å². The molecule has 0 aliphatic rings. The summed E-state index contributed by atoms with van der Waals surface area (Å²) in [5.41, 5.74) is 1.49. The second-order valence-corrected chi connectivity index (χ2v) is 5.57. The lowest BCUT2D eigenvalue weighted by atomic mass is 10.1. The lowest BCUT2D eigenvalue weighted by Gasteiger charge is -2.17. The highest BCUT2D eigenvalue weighted by molar-refractivity contribution is 9.10. The molecule has 3 nitrogen and oxygen atoms in total. The molecule has 0 amide bonds. The summed E-state index contributed by atoms with van der Waals surface area (Å²) in [6.45, 7) is 6.12. The molecule has 86 valence electrons. The third-order valence-corrected chi connectivity index (χ3v) is 3.43. The predicted octanol–water partition coefficient (Wildman–Crippen LogP) is 2.88. The molecule has 0 radical (unpaired) electrons. The largest absolute Gasteiger partial charge is 0.389 e. The fourth-order valence-electron chi connectivity index (χ4n) is 1.76. The van der Waals surface area contributed by atoms with E-state index in [-0.39, 0.29) is 0 Å². The van der Waals surface area contributed by atoms with Crippen LogP contribution in [0.1, 0.15) is 19.4 Å². The van der Waals surface area contributed by atoms with Crippen molar-refractivity contribution >= 4 is 26.8 Å². The van der Waals surface area contributed by atoms with E-state index >= 15 is 0 Å². The number of aryl methyl sites for hydroxylation is 1. The van der Waals surface area contributed by atoms with Gasteiger partial charge in [-0.25, -0.2) is 0 Å². The topological polar surface area (TPSA) is 38.0 Å². The van der Waals surface area contributed by atoms with Crippen LogP contribution in [0.2, 0.25) is 0 Å². The summed E-state index contributed by atoms with van der Waals surface area (Å²) in [7, 11) is 0. The zero-order chi connectivity index (χ0) is 11.9. The van der Waals surface area contributed by atoms with Crippen LogP contribution in [-0.2, 0) is 6.54 Å². The van der Waals surface area contributed by atoms with Gasteiger partial charge in [-0.05, 0) is 38.5 Å². The number of halogens is 1. The Bertz CT molecular complexity index is 526. The van der Waals surface area contributed by atoms with Crippen molar-refractivity contribution in [3.8, 4) is 0 Å². The Labute approximate surface area is 103 Å². The number of fused-ring (bicyclic) bond motifs is 1. The maximum absolute atomic E-state index is 9.80. The fraction of sp³-hybridized carbons (Fsp3) is 0.417. The molecule has 0 unspecified atom stereocenters. The van der Waals surface area contributed by atoms with E-state index in [4.69, 9.17) is 0 Å². The molecule has 0 saturated carbocycles. The van der Waals surface area contributed by atoms with Crippen molar-refractivity contribution in [2.75, 3.05) is 0 Å². The van der Waals surface area contributed by atoms with Gasteiger partial charge in [0, 0.05) is 9.86 Å². The fourth-order valence-corrected chi connectivity index (χ4v) is 2.10. The molecule has 4 heteroatoms. The Hall–Kier alpha value is -0.870. The number of aromatic nitrogens is 2. The quantitative estimate of drug-likeness (QED) is 0.920. The maximum Gasteiger partial charge on any atom is 0.0787 e. The van der Waals surface area contributed by atoms with Gasteiger partial charge in [0.2, 0.25) is 0 Å². The monoisotopic (exact) mass is 282 g/mol. The van der Waals surface area contributed by atoms with Crippen molar-refractivity contribution in [1.82, 2.24) is 9.78 Å². The molecule has 0 fully saturated rings. The van der Waals surface area contributed by atoms with Crippen LogP contribution < -0.4 is 0 Å². The lowest BCUT2D eigenvalue weighted by molar-refractivity contribution is 0.0591. The van der Waals surface area contributed by atoms with Crippen molar-refractivity contribution in [3.05, 3.63) is 28.4 Å². The number of benzene rings is 1. The Kier molecular flexibility index (Phi) is 2.80. The number of nitrogens with zero attached hydrogens (tertiary/aromatic N) is 2. The molecule has 1 N–H and O–H groups in total. The van der Waals surface area contributed by atoms with Gasteiger partial charge >= 0.3 is 0 Å². The normalized spacial score (nSPS) is 12.3. The zero-order valence-electron chi connectivity index (χ0n) is 9.66. The molecule has 0 spiro atoms. The smallest absolute Gasteiger partial charge is 0.0787 e. The molecule has 16 heavy (non-hydrogen) atoms. The van der Waals surface area contributed by atoms with E-state index < -0.39 is 5.60 Å². The first-order valence-electron chi connectivity index (χ1n) is 5.21. The summed E-state index contributed by atoms with van der Waals surface area (Å²) < 4.78 is 2.93.